The lowest BCUT2D eigenvalue weighted by atomic mass is 10.1. The second-order valence-corrected chi connectivity index (χ2v) is 5.35. The van der Waals surface area contributed by atoms with E-state index in [9.17, 15) is 9.59 Å². The molecular formula is C19H22N2O3. The number of hydrogen-bond donors (Lipinski definition) is 2. The summed E-state index contributed by atoms with van der Waals surface area (Å²) in [7, 11) is 1.62. The van der Waals surface area contributed by atoms with Crippen LogP contribution in [0, 0.1) is 0 Å². The summed E-state index contributed by atoms with van der Waals surface area (Å²) >= 11 is 0. The van der Waals surface area contributed by atoms with E-state index in [1.54, 1.807) is 7.11 Å². The van der Waals surface area contributed by atoms with Crippen molar-refractivity contribution in [3.05, 3.63) is 65.7 Å². The number of methoxy groups -OCH3 is 1. The van der Waals surface area contributed by atoms with E-state index in [4.69, 9.17) is 4.74 Å². The number of carbonyl (C=O) groups is 2. The summed E-state index contributed by atoms with van der Waals surface area (Å²) < 4.78 is 5.09. The van der Waals surface area contributed by atoms with Gasteiger partial charge in [0.25, 0.3) is 0 Å². The van der Waals surface area contributed by atoms with Crippen molar-refractivity contribution >= 4 is 11.8 Å². The van der Waals surface area contributed by atoms with Crippen molar-refractivity contribution in [1.29, 1.82) is 0 Å². The van der Waals surface area contributed by atoms with Gasteiger partial charge in [-0.15, -0.1) is 0 Å². The van der Waals surface area contributed by atoms with Gasteiger partial charge in [-0.05, 0) is 36.1 Å². The van der Waals surface area contributed by atoms with E-state index >= 15 is 0 Å². The summed E-state index contributed by atoms with van der Waals surface area (Å²) in [6.07, 6.45) is 1.36. The lowest BCUT2D eigenvalue weighted by molar-refractivity contribution is -0.139. The first kappa shape index (κ1) is 17.5. The van der Waals surface area contributed by atoms with E-state index in [1.807, 2.05) is 54.6 Å². The van der Waals surface area contributed by atoms with Gasteiger partial charge in [0.15, 0.2) is 0 Å². The molecule has 0 aliphatic carbocycles. The molecule has 2 aromatic carbocycles. The summed E-state index contributed by atoms with van der Waals surface area (Å²) in [4.78, 5) is 23.5. The van der Waals surface area contributed by atoms with E-state index in [1.165, 1.54) is 0 Å². The van der Waals surface area contributed by atoms with Gasteiger partial charge in [0, 0.05) is 13.1 Å². The lowest BCUT2D eigenvalue weighted by Crippen LogP contribution is -2.41. The number of nitrogens with one attached hydrogen (secondary N) is 2. The molecule has 5 heteroatoms. The van der Waals surface area contributed by atoms with E-state index in [-0.39, 0.29) is 0 Å². The predicted octanol–water partition coefficient (Wildman–Crippen LogP) is 1.71. The minimum absolute atomic E-state index is 0.414. The Hall–Kier alpha value is -2.82. The minimum atomic E-state index is -0.600. The second-order valence-electron chi connectivity index (χ2n) is 5.35. The van der Waals surface area contributed by atoms with Gasteiger partial charge in [-0.3, -0.25) is 9.59 Å². The highest BCUT2D eigenvalue weighted by atomic mass is 16.5. The molecule has 2 amide bonds. The molecule has 2 N–H and O–H groups in total. The highest BCUT2D eigenvalue weighted by Gasteiger charge is 2.11. The molecule has 0 radical (unpaired) electrons. The van der Waals surface area contributed by atoms with Crippen LogP contribution >= 0.6 is 0 Å². The average molecular weight is 326 g/mol. The Kier molecular flexibility index (Phi) is 6.83. The van der Waals surface area contributed by atoms with E-state index in [0.29, 0.717) is 25.9 Å². The molecule has 126 valence electrons. The number of rotatable bonds is 7. The third kappa shape index (κ3) is 5.76. The largest absolute Gasteiger partial charge is 0.497 e. The first-order valence-corrected chi connectivity index (χ1v) is 7.92. The zero-order valence-electron chi connectivity index (χ0n) is 13.7. The molecule has 0 heterocycles. The molecule has 5 nitrogen and oxygen atoms in total. The molecule has 0 aliphatic rings. The van der Waals surface area contributed by atoms with Crippen LogP contribution < -0.4 is 15.4 Å². The number of amides is 2. The summed E-state index contributed by atoms with van der Waals surface area (Å²) in [5.41, 5.74) is 2.19. The summed E-state index contributed by atoms with van der Waals surface area (Å²) in [6.45, 7) is 0.853. The quantitative estimate of drug-likeness (QED) is 0.761. The Morgan fingerprint density at radius 3 is 1.79 bits per heavy atom. The SMILES string of the molecule is COc1ccc(CCNC(=O)C(=O)NCCc2ccccc2)cc1. The third-order valence-electron chi connectivity index (χ3n) is 3.61. The average Bonchev–Trinajstić information content (AvgIpc) is 2.63. The Balaban J connectivity index is 1.65. The molecule has 24 heavy (non-hydrogen) atoms. The van der Waals surface area contributed by atoms with Gasteiger partial charge in [0.2, 0.25) is 0 Å². The van der Waals surface area contributed by atoms with Crippen LogP contribution in [0.2, 0.25) is 0 Å². The lowest BCUT2D eigenvalue weighted by Gasteiger charge is -2.07. The van der Waals surface area contributed by atoms with Gasteiger partial charge in [0.1, 0.15) is 5.75 Å². The van der Waals surface area contributed by atoms with Crippen LogP contribution in [0.3, 0.4) is 0 Å². The van der Waals surface area contributed by atoms with Crippen molar-refractivity contribution in [2.24, 2.45) is 0 Å². The zero-order chi connectivity index (χ0) is 17.2. The maximum absolute atomic E-state index is 11.7. The Morgan fingerprint density at radius 1 is 0.792 bits per heavy atom. The zero-order valence-corrected chi connectivity index (χ0v) is 13.7. The molecule has 0 saturated carbocycles. The summed E-state index contributed by atoms with van der Waals surface area (Å²) in [6, 6.07) is 17.4. The first-order chi connectivity index (χ1) is 11.7. The molecule has 0 spiro atoms. The van der Waals surface area contributed by atoms with Crippen LogP contribution in [0.25, 0.3) is 0 Å². The van der Waals surface area contributed by atoms with E-state index in [0.717, 1.165) is 16.9 Å². The molecule has 0 unspecified atom stereocenters. The maximum Gasteiger partial charge on any atom is 0.309 e. The van der Waals surface area contributed by atoms with Crippen LogP contribution in [0.4, 0.5) is 0 Å². The highest BCUT2D eigenvalue weighted by Crippen LogP contribution is 2.11. The monoisotopic (exact) mass is 326 g/mol. The van der Waals surface area contributed by atoms with Gasteiger partial charge in [-0.1, -0.05) is 42.5 Å². The van der Waals surface area contributed by atoms with E-state index < -0.39 is 11.8 Å². The van der Waals surface area contributed by atoms with Crippen molar-refractivity contribution in [2.75, 3.05) is 20.2 Å². The number of carbonyl (C=O) groups excluding carboxylic acids is 2. The smallest absolute Gasteiger partial charge is 0.309 e. The number of ether oxygens (including phenoxy) is 1. The molecule has 0 fully saturated rings. The summed E-state index contributed by atoms with van der Waals surface area (Å²) in [5.74, 6) is -0.405. The third-order valence-corrected chi connectivity index (χ3v) is 3.61. The number of hydrogen-bond acceptors (Lipinski definition) is 3. The van der Waals surface area contributed by atoms with Crippen LogP contribution in [-0.2, 0) is 22.4 Å². The minimum Gasteiger partial charge on any atom is -0.497 e. The van der Waals surface area contributed by atoms with Gasteiger partial charge < -0.3 is 15.4 Å². The Morgan fingerprint density at radius 2 is 1.29 bits per heavy atom. The van der Waals surface area contributed by atoms with Gasteiger partial charge in [0.05, 0.1) is 7.11 Å². The normalized spacial score (nSPS) is 10.0. The van der Waals surface area contributed by atoms with Gasteiger partial charge in [-0.2, -0.15) is 0 Å². The standard InChI is InChI=1S/C19H22N2O3/c1-24-17-9-7-16(8-10-17)12-14-21-19(23)18(22)20-13-11-15-5-3-2-4-6-15/h2-10H,11-14H2,1H3,(H,20,22)(H,21,23). The van der Waals surface area contributed by atoms with Crippen molar-refractivity contribution in [1.82, 2.24) is 10.6 Å². The molecule has 2 aromatic rings. The van der Waals surface area contributed by atoms with E-state index in [2.05, 4.69) is 10.6 Å². The highest BCUT2D eigenvalue weighted by molar-refractivity contribution is 6.35. The molecular weight excluding hydrogens is 304 g/mol. The van der Waals surface area contributed by atoms with Crippen LogP contribution in [0.5, 0.6) is 5.75 Å². The van der Waals surface area contributed by atoms with Crippen molar-refractivity contribution in [3.63, 3.8) is 0 Å². The molecule has 0 saturated heterocycles. The molecule has 0 atom stereocenters. The molecule has 2 rings (SSSR count). The summed E-state index contributed by atoms with van der Waals surface area (Å²) in [5, 5.41) is 5.25. The van der Waals surface area contributed by atoms with Gasteiger partial charge in [-0.25, -0.2) is 0 Å². The molecule has 0 aliphatic heterocycles. The second kappa shape index (κ2) is 9.35. The Labute approximate surface area is 142 Å². The topological polar surface area (TPSA) is 67.4 Å². The van der Waals surface area contributed by atoms with Crippen LogP contribution in [0.15, 0.2) is 54.6 Å². The number of benzene rings is 2. The van der Waals surface area contributed by atoms with Crippen molar-refractivity contribution in [3.8, 4) is 5.75 Å². The molecule has 0 bridgehead atoms. The fourth-order valence-corrected chi connectivity index (χ4v) is 2.24. The van der Waals surface area contributed by atoms with Crippen LogP contribution in [-0.4, -0.2) is 32.0 Å². The fraction of sp³-hybridized carbons (Fsp3) is 0.263. The van der Waals surface area contributed by atoms with Crippen LogP contribution in [0.1, 0.15) is 11.1 Å². The predicted molar refractivity (Wildman–Crippen MR) is 92.9 cm³/mol. The fourth-order valence-electron chi connectivity index (χ4n) is 2.24. The van der Waals surface area contributed by atoms with Crippen molar-refractivity contribution < 1.29 is 14.3 Å². The molecule has 0 aromatic heterocycles. The van der Waals surface area contributed by atoms with Crippen molar-refractivity contribution in [2.45, 2.75) is 12.8 Å². The van der Waals surface area contributed by atoms with Gasteiger partial charge >= 0.3 is 11.8 Å². The Bertz CT molecular complexity index is 654. The first-order valence-electron chi connectivity index (χ1n) is 7.92. The maximum atomic E-state index is 11.7.